The van der Waals surface area contributed by atoms with Crippen LogP contribution in [0.2, 0.25) is 0 Å². The smallest absolute Gasteiger partial charge is 0.0624 e. The van der Waals surface area contributed by atoms with Crippen LogP contribution in [0.5, 0.6) is 0 Å². The first kappa shape index (κ1) is 7.97. The largest absolute Gasteiger partial charge is 0.198 e. The maximum absolute atomic E-state index is 8.21. The zero-order valence-electron chi connectivity index (χ0n) is 5.19. The molecule has 0 spiro atoms. The Morgan fingerprint density at radius 1 is 1.62 bits per heavy atom. The SMILES string of the molecule is CC(Br)C(C)CC#N. The van der Waals surface area contributed by atoms with Crippen molar-refractivity contribution >= 4 is 15.9 Å². The van der Waals surface area contributed by atoms with Crippen molar-refractivity contribution < 1.29 is 0 Å². The van der Waals surface area contributed by atoms with Crippen LogP contribution >= 0.6 is 15.9 Å². The van der Waals surface area contributed by atoms with Crippen molar-refractivity contribution in [1.82, 2.24) is 0 Å². The lowest BCUT2D eigenvalue weighted by Gasteiger charge is -2.07. The molecule has 0 bridgehead atoms. The molecule has 0 rings (SSSR count). The lowest BCUT2D eigenvalue weighted by atomic mass is 10.1. The first-order valence-corrected chi connectivity index (χ1v) is 3.61. The van der Waals surface area contributed by atoms with Crippen LogP contribution < -0.4 is 0 Å². The number of alkyl halides is 1. The minimum Gasteiger partial charge on any atom is -0.198 e. The van der Waals surface area contributed by atoms with Gasteiger partial charge in [-0.05, 0) is 5.92 Å². The molecule has 0 aromatic rings. The predicted molar refractivity (Wildman–Crippen MR) is 37.8 cm³/mol. The Morgan fingerprint density at radius 2 is 2.12 bits per heavy atom. The fourth-order valence-electron chi connectivity index (χ4n) is 0.306. The van der Waals surface area contributed by atoms with Gasteiger partial charge in [-0.1, -0.05) is 29.8 Å². The van der Waals surface area contributed by atoms with Gasteiger partial charge in [-0.3, -0.25) is 0 Å². The van der Waals surface area contributed by atoms with E-state index in [1.54, 1.807) is 0 Å². The van der Waals surface area contributed by atoms with Crippen molar-refractivity contribution in [2.45, 2.75) is 25.1 Å². The fourth-order valence-corrected chi connectivity index (χ4v) is 0.493. The number of hydrogen-bond acceptors (Lipinski definition) is 1. The van der Waals surface area contributed by atoms with Gasteiger partial charge in [0.15, 0.2) is 0 Å². The van der Waals surface area contributed by atoms with Crippen molar-refractivity contribution in [1.29, 1.82) is 5.26 Å². The average molecular weight is 176 g/mol. The van der Waals surface area contributed by atoms with Gasteiger partial charge in [0.2, 0.25) is 0 Å². The molecule has 8 heavy (non-hydrogen) atoms. The zero-order chi connectivity index (χ0) is 6.57. The van der Waals surface area contributed by atoms with Crippen LogP contribution in [0.4, 0.5) is 0 Å². The van der Waals surface area contributed by atoms with Gasteiger partial charge in [-0.25, -0.2) is 0 Å². The van der Waals surface area contributed by atoms with E-state index in [1.807, 2.05) is 0 Å². The van der Waals surface area contributed by atoms with Gasteiger partial charge in [-0.2, -0.15) is 5.26 Å². The van der Waals surface area contributed by atoms with Crippen molar-refractivity contribution in [2.24, 2.45) is 5.92 Å². The Kier molecular flexibility index (Phi) is 3.90. The summed E-state index contributed by atoms with van der Waals surface area (Å²) in [5.41, 5.74) is 0. The Morgan fingerprint density at radius 3 is 2.25 bits per heavy atom. The van der Waals surface area contributed by atoms with Crippen molar-refractivity contribution in [3.8, 4) is 6.07 Å². The molecule has 0 saturated heterocycles. The molecule has 0 fully saturated rings. The van der Waals surface area contributed by atoms with E-state index >= 15 is 0 Å². The van der Waals surface area contributed by atoms with E-state index in [9.17, 15) is 0 Å². The van der Waals surface area contributed by atoms with E-state index in [4.69, 9.17) is 5.26 Å². The summed E-state index contributed by atoms with van der Waals surface area (Å²) in [6.45, 7) is 4.12. The fraction of sp³-hybridized carbons (Fsp3) is 0.833. The number of nitrogens with zero attached hydrogens (tertiary/aromatic N) is 1. The summed E-state index contributed by atoms with van der Waals surface area (Å²) >= 11 is 3.39. The normalized spacial score (nSPS) is 16.8. The molecule has 46 valence electrons. The third-order valence-electron chi connectivity index (χ3n) is 1.20. The van der Waals surface area contributed by atoms with Crippen LogP contribution in [0.15, 0.2) is 0 Å². The van der Waals surface area contributed by atoms with Crippen LogP contribution in [0.25, 0.3) is 0 Å². The molecule has 0 aromatic carbocycles. The molecule has 0 radical (unpaired) electrons. The summed E-state index contributed by atoms with van der Waals surface area (Å²) in [5.74, 6) is 0.472. The zero-order valence-corrected chi connectivity index (χ0v) is 6.77. The quantitative estimate of drug-likeness (QED) is 0.592. The lowest BCUT2D eigenvalue weighted by Crippen LogP contribution is -2.04. The Balaban J connectivity index is 3.35. The molecule has 1 nitrogen and oxygen atoms in total. The van der Waals surface area contributed by atoms with Crippen molar-refractivity contribution in [3.63, 3.8) is 0 Å². The Hall–Kier alpha value is -0.0300. The molecular weight excluding hydrogens is 166 g/mol. The summed E-state index contributed by atoms with van der Waals surface area (Å²) in [7, 11) is 0. The van der Waals surface area contributed by atoms with Crippen LogP contribution in [0.3, 0.4) is 0 Å². The van der Waals surface area contributed by atoms with E-state index in [0.717, 1.165) is 0 Å². The van der Waals surface area contributed by atoms with Gasteiger partial charge in [0.25, 0.3) is 0 Å². The molecule has 2 heteroatoms. The van der Waals surface area contributed by atoms with Crippen molar-refractivity contribution in [2.75, 3.05) is 0 Å². The third kappa shape index (κ3) is 3.04. The Bertz CT molecular complexity index is 93.2. The van der Waals surface area contributed by atoms with E-state index < -0.39 is 0 Å². The first-order valence-electron chi connectivity index (χ1n) is 2.69. The van der Waals surface area contributed by atoms with Gasteiger partial charge < -0.3 is 0 Å². The average Bonchev–Trinajstić information content (AvgIpc) is 1.67. The maximum Gasteiger partial charge on any atom is 0.0624 e. The predicted octanol–water partition coefficient (Wildman–Crippen LogP) is 2.32. The van der Waals surface area contributed by atoms with Crippen LogP contribution in [0, 0.1) is 17.2 Å². The topological polar surface area (TPSA) is 23.8 Å². The highest BCUT2D eigenvalue weighted by atomic mass is 79.9. The summed E-state index contributed by atoms with van der Waals surface area (Å²) in [6, 6.07) is 2.12. The Labute approximate surface area is 58.8 Å². The van der Waals surface area contributed by atoms with Gasteiger partial charge in [0.1, 0.15) is 0 Å². The number of halogens is 1. The molecule has 2 atom stereocenters. The van der Waals surface area contributed by atoms with Gasteiger partial charge in [0.05, 0.1) is 6.07 Å². The molecule has 2 unspecified atom stereocenters. The second kappa shape index (κ2) is 3.91. The van der Waals surface area contributed by atoms with Crippen LogP contribution in [0.1, 0.15) is 20.3 Å². The summed E-state index contributed by atoms with van der Waals surface area (Å²) < 4.78 is 0. The molecule has 0 amide bonds. The van der Waals surface area contributed by atoms with E-state index in [2.05, 4.69) is 35.8 Å². The molecule has 0 aromatic heterocycles. The monoisotopic (exact) mass is 175 g/mol. The van der Waals surface area contributed by atoms with E-state index in [0.29, 0.717) is 17.2 Å². The summed E-state index contributed by atoms with van der Waals surface area (Å²) in [4.78, 5) is 0.460. The molecule has 0 aliphatic rings. The van der Waals surface area contributed by atoms with E-state index in [-0.39, 0.29) is 0 Å². The molecular formula is C6H10BrN. The number of hydrogen-bond donors (Lipinski definition) is 0. The third-order valence-corrected chi connectivity index (χ3v) is 2.10. The van der Waals surface area contributed by atoms with Crippen LogP contribution in [-0.2, 0) is 0 Å². The van der Waals surface area contributed by atoms with Crippen molar-refractivity contribution in [3.05, 3.63) is 0 Å². The molecule has 0 saturated carbocycles. The molecule has 0 aliphatic carbocycles. The van der Waals surface area contributed by atoms with Gasteiger partial charge in [-0.15, -0.1) is 0 Å². The number of nitriles is 1. The molecule has 0 heterocycles. The van der Waals surface area contributed by atoms with Crippen LogP contribution in [-0.4, -0.2) is 4.83 Å². The highest BCUT2D eigenvalue weighted by Crippen LogP contribution is 2.13. The minimum atomic E-state index is 0.460. The maximum atomic E-state index is 8.21. The molecule has 0 N–H and O–H groups in total. The first-order chi connectivity index (χ1) is 3.68. The molecule has 0 aliphatic heterocycles. The minimum absolute atomic E-state index is 0.460. The van der Waals surface area contributed by atoms with Gasteiger partial charge in [0, 0.05) is 11.2 Å². The summed E-state index contributed by atoms with van der Waals surface area (Å²) in [6.07, 6.45) is 0.645. The summed E-state index contributed by atoms with van der Waals surface area (Å²) in [5, 5.41) is 8.21. The number of rotatable bonds is 2. The van der Waals surface area contributed by atoms with Gasteiger partial charge >= 0.3 is 0 Å². The lowest BCUT2D eigenvalue weighted by molar-refractivity contribution is 0.600. The van der Waals surface area contributed by atoms with E-state index in [1.165, 1.54) is 0 Å². The highest BCUT2D eigenvalue weighted by Gasteiger charge is 2.05. The standard InChI is InChI=1S/C6H10BrN/c1-5(3-4-8)6(2)7/h5-6H,3H2,1-2H3. The second-order valence-electron chi connectivity index (χ2n) is 2.02. The highest BCUT2D eigenvalue weighted by molar-refractivity contribution is 9.09. The second-order valence-corrected chi connectivity index (χ2v) is 3.46.